The van der Waals surface area contributed by atoms with Crippen LogP contribution in [0.3, 0.4) is 0 Å². The third kappa shape index (κ3) is 3.47. The van der Waals surface area contributed by atoms with Crippen LogP contribution in [-0.4, -0.2) is 5.72 Å². The van der Waals surface area contributed by atoms with Crippen molar-refractivity contribution < 1.29 is 4.74 Å². The largest absolute Gasteiger partial charge is 0.356 e. The number of hydrogen-bond acceptors (Lipinski definition) is 2. The third-order valence-corrected chi connectivity index (χ3v) is 2.94. The van der Waals surface area contributed by atoms with Crippen LogP contribution in [0.2, 0.25) is 0 Å². The van der Waals surface area contributed by atoms with Crippen LogP contribution in [-0.2, 0) is 11.3 Å². The van der Waals surface area contributed by atoms with Gasteiger partial charge in [0.2, 0.25) is 0 Å². The summed E-state index contributed by atoms with van der Waals surface area (Å²) in [4.78, 5) is 0. The first-order valence-electron chi connectivity index (χ1n) is 5.77. The lowest BCUT2D eigenvalue weighted by atomic mass is 10.1. The minimum atomic E-state index is -0.489. The maximum absolute atomic E-state index is 6.06. The summed E-state index contributed by atoms with van der Waals surface area (Å²) in [5.41, 5.74) is 7.83. The van der Waals surface area contributed by atoms with Crippen molar-refractivity contribution in [2.24, 2.45) is 5.73 Å². The Hall–Kier alpha value is -1.12. The summed E-state index contributed by atoms with van der Waals surface area (Å²) in [6.07, 6.45) is 3.48. The van der Waals surface area contributed by atoms with Crippen molar-refractivity contribution in [3.63, 3.8) is 0 Å². The quantitative estimate of drug-likeness (QED) is 0.745. The van der Waals surface area contributed by atoms with Gasteiger partial charge in [-0.1, -0.05) is 50.8 Å². The first-order valence-corrected chi connectivity index (χ1v) is 5.77. The molecule has 2 nitrogen and oxygen atoms in total. The molecule has 0 aliphatic carbocycles. The van der Waals surface area contributed by atoms with E-state index in [1.54, 1.807) is 0 Å². The predicted molar refractivity (Wildman–Crippen MR) is 68.8 cm³/mol. The Balaban J connectivity index is 2.57. The number of benzene rings is 1. The Morgan fingerprint density at radius 2 is 1.81 bits per heavy atom. The molecular weight excluding hydrogens is 198 g/mol. The molecule has 0 saturated carbocycles. The van der Waals surface area contributed by atoms with Gasteiger partial charge in [0.1, 0.15) is 5.72 Å². The molecule has 0 aliphatic rings. The highest BCUT2D eigenvalue weighted by molar-refractivity contribution is 5.47. The summed E-state index contributed by atoms with van der Waals surface area (Å²) >= 11 is 0. The van der Waals surface area contributed by atoms with Crippen LogP contribution in [0.5, 0.6) is 0 Å². The van der Waals surface area contributed by atoms with E-state index in [9.17, 15) is 0 Å². The molecule has 0 unspecified atom stereocenters. The third-order valence-electron chi connectivity index (χ3n) is 2.94. The molecule has 0 radical (unpaired) electrons. The summed E-state index contributed by atoms with van der Waals surface area (Å²) in [6, 6.07) is 8.15. The minimum absolute atomic E-state index is 0.489. The Morgan fingerprint density at radius 3 is 2.25 bits per heavy atom. The molecule has 0 aliphatic heterocycles. The van der Waals surface area contributed by atoms with Crippen LogP contribution in [0.4, 0.5) is 0 Å². The van der Waals surface area contributed by atoms with Gasteiger partial charge in [0.15, 0.2) is 0 Å². The SMILES string of the molecule is C=Cc1ccc(COC(N)(CC)CC)cc1. The van der Waals surface area contributed by atoms with Crippen molar-refractivity contribution in [1.82, 2.24) is 0 Å². The van der Waals surface area contributed by atoms with Crippen LogP contribution < -0.4 is 5.73 Å². The molecule has 0 heterocycles. The van der Waals surface area contributed by atoms with E-state index in [0.717, 1.165) is 24.0 Å². The molecule has 0 bridgehead atoms. The van der Waals surface area contributed by atoms with Gasteiger partial charge in [0, 0.05) is 0 Å². The van der Waals surface area contributed by atoms with Gasteiger partial charge >= 0.3 is 0 Å². The molecule has 2 heteroatoms. The van der Waals surface area contributed by atoms with Crippen molar-refractivity contribution in [2.45, 2.75) is 39.0 Å². The van der Waals surface area contributed by atoms with E-state index < -0.39 is 5.72 Å². The lowest BCUT2D eigenvalue weighted by Gasteiger charge is -2.27. The average Bonchev–Trinajstić information content (AvgIpc) is 2.36. The summed E-state index contributed by atoms with van der Waals surface area (Å²) < 4.78 is 5.74. The second-order valence-electron chi connectivity index (χ2n) is 4.01. The lowest BCUT2D eigenvalue weighted by molar-refractivity contribution is -0.0578. The van der Waals surface area contributed by atoms with Gasteiger partial charge in [-0.2, -0.15) is 0 Å². The molecule has 0 spiro atoms. The van der Waals surface area contributed by atoms with E-state index in [1.807, 2.05) is 44.2 Å². The molecule has 1 aromatic carbocycles. The highest BCUT2D eigenvalue weighted by Gasteiger charge is 2.20. The molecule has 16 heavy (non-hydrogen) atoms. The summed E-state index contributed by atoms with van der Waals surface area (Å²) in [5, 5.41) is 0. The van der Waals surface area contributed by atoms with Crippen LogP contribution in [0.25, 0.3) is 6.08 Å². The Labute approximate surface area is 98.1 Å². The molecule has 88 valence electrons. The molecule has 1 aromatic rings. The zero-order valence-corrected chi connectivity index (χ0v) is 10.2. The Morgan fingerprint density at radius 1 is 1.25 bits per heavy atom. The van der Waals surface area contributed by atoms with Gasteiger partial charge in [-0.3, -0.25) is 0 Å². The molecular formula is C14H21NO. The molecule has 2 N–H and O–H groups in total. The first kappa shape index (κ1) is 12.9. The highest BCUT2D eigenvalue weighted by Crippen LogP contribution is 2.16. The number of hydrogen-bond donors (Lipinski definition) is 1. The zero-order chi connectivity index (χ0) is 12.0. The van der Waals surface area contributed by atoms with Gasteiger partial charge in [0.05, 0.1) is 6.61 Å². The van der Waals surface area contributed by atoms with E-state index in [-0.39, 0.29) is 0 Å². The lowest BCUT2D eigenvalue weighted by Crippen LogP contribution is -2.41. The van der Waals surface area contributed by atoms with Crippen LogP contribution in [0, 0.1) is 0 Å². The molecule has 0 saturated heterocycles. The van der Waals surface area contributed by atoms with Crippen molar-refractivity contribution in [2.75, 3.05) is 0 Å². The van der Waals surface area contributed by atoms with Gasteiger partial charge in [-0.25, -0.2) is 0 Å². The standard InChI is InChI=1S/C14H21NO/c1-4-12-7-9-13(10-8-12)11-16-14(15,5-2)6-3/h4,7-10H,1,5-6,11,15H2,2-3H3. The van der Waals surface area contributed by atoms with Crippen molar-refractivity contribution in [3.8, 4) is 0 Å². The maximum Gasteiger partial charge on any atom is 0.116 e. The molecule has 1 rings (SSSR count). The smallest absolute Gasteiger partial charge is 0.116 e. The number of nitrogens with two attached hydrogens (primary N) is 1. The Bertz CT molecular complexity index is 325. The number of rotatable bonds is 6. The van der Waals surface area contributed by atoms with Gasteiger partial charge < -0.3 is 10.5 Å². The van der Waals surface area contributed by atoms with E-state index in [2.05, 4.69) is 6.58 Å². The fraction of sp³-hybridized carbons (Fsp3) is 0.429. The molecule has 0 fully saturated rings. The second kappa shape index (κ2) is 5.83. The minimum Gasteiger partial charge on any atom is -0.356 e. The van der Waals surface area contributed by atoms with Crippen molar-refractivity contribution in [3.05, 3.63) is 42.0 Å². The zero-order valence-electron chi connectivity index (χ0n) is 10.2. The predicted octanol–water partition coefficient (Wildman–Crippen LogP) is 3.32. The van der Waals surface area contributed by atoms with E-state index in [0.29, 0.717) is 6.61 Å². The van der Waals surface area contributed by atoms with Crippen LogP contribution in [0.15, 0.2) is 30.8 Å². The number of ether oxygens (including phenoxy) is 1. The van der Waals surface area contributed by atoms with Crippen molar-refractivity contribution >= 4 is 6.08 Å². The highest BCUT2D eigenvalue weighted by atomic mass is 16.5. The second-order valence-corrected chi connectivity index (χ2v) is 4.01. The fourth-order valence-electron chi connectivity index (χ4n) is 1.43. The molecule has 0 amide bonds. The summed E-state index contributed by atoms with van der Waals surface area (Å²) in [7, 11) is 0. The molecule has 0 aromatic heterocycles. The van der Waals surface area contributed by atoms with Gasteiger partial charge in [-0.05, 0) is 24.0 Å². The average molecular weight is 219 g/mol. The first-order chi connectivity index (χ1) is 7.63. The van der Waals surface area contributed by atoms with E-state index >= 15 is 0 Å². The summed E-state index contributed by atoms with van der Waals surface area (Å²) in [5.74, 6) is 0. The van der Waals surface area contributed by atoms with Crippen molar-refractivity contribution in [1.29, 1.82) is 0 Å². The van der Waals surface area contributed by atoms with Crippen LogP contribution >= 0.6 is 0 Å². The fourth-order valence-corrected chi connectivity index (χ4v) is 1.43. The summed E-state index contributed by atoms with van der Waals surface area (Å²) in [6.45, 7) is 8.38. The van der Waals surface area contributed by atoms with Crippen LogP contribution in [0.1, 0.15) is 37.8 Å². The van der Waals surface area contributed by atoms with E-state index in [1.165, 1.54) is 0 Å². The van der Waals surface area contributed by atoms with Gasteiger partial charge in [0.25, 0.3) is 0 Å². The molecule has 0 atom stereocenters. The maximum atomic E-state index is 6.06. The Kier molecular flexibility index (Phi) is 4.71. The monoisotopic (exact) mass is 219 g/mol. The van der Waals surface area contributed by atoms with E-state index in [4.69, 9.17) is 10.5 Å². The van der Waals surface area contributed by atoms with Gasteiger partial charge in [-0.15, -0.1) is 0 Å². The topological polar surface area (TPSA) is 35.2 Å². The normalized spacial score (nSPS) is 11.4.